The Morgan fingerprint density at radius 3 is 2.88 bits per heavy atom. The van der Waals surface area contributed by atoms with Crippen molar-refractivity contribution in [3.05, 3.63) is 28.4 Å². The summed E-state index contributed by atoms with van der Waals surface area (Å²) in [5.74, 6) is 2.13. The highest BCUT2D eigenvalue weighted by Crippen LogP contribution is 2.14. The Morgan fingerprint density at radius 2 is 2.35 bits per heavy atom. The van der Waals surface area contributed by atoms with Crippen LogP contribution >= 0.6 is 11.8 Å². The van der Waals surface area contributed by atoms with E-state index in [0.29, 0.717) is 6.04 Å². The SMILES string of the molecule is CCSCCC(C)Nc1ccc([N+](=O)[O-])nc1. The van der Waals surface area contributed by atoms with Crippen LogP contribution in [0, 0.1) is 10.1 Å². The molecule has 1 atom stereocenters. The smallest absolute Gasteiger partial charge is 0.363 e. The first-order valence-electron chi connectivity index (χ1n) is 5.58. The number of anilines is 1. The molecule has 0 aliphatic carbocycles. The number of nitro groups is 1. The molecule has 1 unspecified atom stereocenters. The molecule has 1 heterocycles. The van der Waals surface area contributed by atoms with Crippen LogP contribution in [0.15, 0.2) is 18.3 Å². The lowest BCUT2D eigenvalue weighted by molar-refractivity contribution is -0.389. The maximum Gasteiger partial charge on any atom is 0.363 e. The van der Waals surface area contributed by atoms with Crippen molar-refractivity contribution < 1.29 is 4.92 Å². The normalized spacial score (nSPS) is 12.1. The van der Waals surface area contributed by atoms with E-state index in [4.69, 9.17) is 0 Å². The van der Waals surface area contributed by atoms with E-state index in [1.54, 1.807) is 6.07 Å². The molecule has 94 valence electrons. The molecule has 0 spiro atoms. The average molecular weight is 255 g/mol. The summed E-state index contributed by atoms with van der Waals surface area (Å²) >= 11 is 1.91. The summed E-state index contributed by atoms with van der Waals surface area (Å²) in [5, 5.41) is 13.7. The molecular weight excluding hydrogens is 238 g/mol. The first kappa shape index (κ1) is 13.8. The summed E-state index contributed by atoms with van der Waals surface area (Å²) in [4.78, 5) is 13.7. The lowest BCUT2D eigenvalue weighted by Gasteiger charge is -2.13. The van der Waals surface area contributed by atoms with Crippen LogP contribution in [0.2, 0.25) is 0 Å². The molecule has 1 aromatic rings. The van der Waals surface area contributed by atoms with Crippen molar-refractivity contribution in [3.63, 3.8) is 0 Å². The highest BCUT2D eigenvalue weighted by Gasteiger charge is 2.07. The number of hydrogen-bond donors (Lipinski definition) is 1. The first-order valence-corrected chi connectivity index (χ1v) is 6.73. The van der Waals surface area contributed by atoms with Crippen LogP contribution in [-0.2, 0) is 0 Å². The second kappa shape index (κ2) is 7.11. The van der Waals surface area contributed by atoms with Gasteiger partial charge < -0.3 is 15.4 Å². The highest BCUT2D eigenvalue weighted by molar-refractivity contribution is 7.99. The molecule has 0 aliphatic heterocycles. The Morgan fingerprint density at radius 1 is 1.59 bits per heavy atom. The predicted octanol–water partition coefficient (Wildman–Crippen LogP) is 2.93. The van der Waals surface area contributed by atoms with Gasteiger partial charge in [0.05, 0.1) is 5.69 Å². The van der Waals surface area contributed by atoms with Gasteiger partial charge >= 0.3 is 5.82 Å². The van der Waals surface area contributed by atoms with Crippen molar-refractivity contribution in [2.24, 2.45) is 0 Å². The van der Waals surface area contributed by atoms with E-state index in [1.165, 1.54) is 12.3 Å². The summed E-state index contributed by atoms with van der Waals surface area (Å²) in [6.45, 7) is 4.24. The molecule has 0 saturated heterocycles. The van der Waals surface area contributed by atoms with Gasteiger partial charge in [0, 0.05) is 12.1 Å². The van der Waals surface area contributed by atoms with Crippen LogP contribution < -0.4 is 5.32 Å². The summed E-state index contributed by atoms with van der Waals surface area (Å²) < 4.78 is 0. The number of hydrogen-bond acceptors (Lipinski definition) is 5. The zero-order chi connectivity index (χ0) is 12.7. The largest absolute Gasteiger partial charge is 0.380 e. The molecule has 0 fully saturated rings. The van der Waals surface area contributed by atoms with Gasteiger partial charge in [-0.2, -0.15) is 11.8 Å². The fraction of sp³-hybridized carbons (Fsp3) is 0.545. The van der Waals surface area contributed by atoms with E-state index in [9.17, 15) is 10.1 Å². The Labute approximate surface area is 105 Å². The fourth-order valence-electron chi connectivity index (χ4n) is 1.34. The molecule has 1 rings (SSSR count). The van der Waals surface area contributed by atoms with Crippen LogP contribution in [0.3, 0.4) is 0 Å². The number of aromatic nitrogens is 1. The van der Waals surface area contributed by atoms with Crippen molar-refractivity contribution in [2.45, 2.75) is 26.3 Å². The minimum atomic E-state index is -0.495. The van der Waals surface area contributed by atoms with Crippen LogP contribution in [0.4, 0.5) is 11.5 Å². The van der Waals surface area contributed by atoms with Crippen LogP contribution in [0.5, 0.6) is 0 Å². The zero-order valence-electron chi connectivity index (χ0n) is 10.0. The quantitative estimate of drug-likeness (QED) is 0.461. The predicted molar refractivity (Wildman–Crippen MR) is 71.6 cm³/mol. The average Bonchev–Trinajstić information content (AvgIpc) is 2.30. The number of nitrogens with zero attached hydrogens (tertiary/aromatic N) is 2. The molecule has 5 nitrogen and oxygen atoms in total. The van der Waals surface area contributed by atoms with E-state index in [1.807, 2.05) is 11.8 Å². The molecule has 17 heavy (non-hydrogen) atoms. The maximum absolute atomic E-state index is 10.4. The third kappa shape index (κ3) is 5.04. The minimum Gasteiger partial charge on any atom is -0.380 e. The Balaban J connectivity index is 2.43. The van der Waals surface area contributed by atoms with E-state index < -0.39 is 4.92 Å². The van der Waals surface area contributed by atoms with Gasteiger partial charge in [-0.3, -0.25) is 0 Å². The lowest BCUT2D eigenvalue weighted by atomic mass is 10.2. The summed E-state index contributed by atoms with van der Waals surface area (Å²) in [5.41, 5.74) is 0.824. The van der Waals surface area contributed by atoms with Crippen LogP contribution in [0.25, 0.3) is 0 Å². The summed E-state index contributed by atoms with van der Waals surface area (Å²) in [7, 11) is 0. The van der Waals surface area contributed by atoms with Crippen LogP contribution in [-0.4, -0.2) is 27.5 Å². The Bertz CT molecular complexity index is 356. The topological polar surface area (TPSA) is 68.1 Å². The number of pyridine rings is 1. The summed E-state index contributed by atoms with van der Waals surface area (Å²) in [6.07, 6.45) is 2.57. The monoisotopic (exact) mass is 255 g/mol. The van der Waals surface area contributed by atoms with Crippen molar-refractivity contribution in [1.82, 2.24) is 4.98 Å². The summed E-state index contributed by atoms with van der Waals surface area (Å²) in [6, 6.07) is 3.45. The Kier molecular flexibility index (Phi) is 5.76. The molecule has 0 aliphatic rings. The first-order chi connectivity index (χ1) is 8.13. The second-order valence-electron chi connectivity index (χ2n) is 3.69. The number of thioether (sulfide) groups is 1. The van der Waals surface area contributed by atoms with Crippen molar-refractivity contribution >= 4 is 23.3 Å². The van der Waals surface area contributed by atoms with E-state index >= 15 is 0 Å². The van der Waals surface area contributed by atoms with Crippen LogP contribution in [0.1, 0.15) is 20.3 Å². The molecule has 0 aromatic carbocycles. The standard InChI is InChI=1S/C11H17N3O2S/c1-3-17-7-6-9(2)13-10-4-5-11(12-8-10)14(15)16/h4-5,8-9,13H,3,6-7H2,1-2H3. The van der Waals surface area contributed by atoms with E-state index in [2.05, 4.69) is 24.1 Å². The van der Waals surface area contributed by atoms with Gasteiger partial charge in [-0.15, -0.1) is 0 Å². The maximum atomic E-state index is 10.4. The molecule has 0 radical (unpaired) electrons. The third-order valence-corrected chi connectivity index (χ3v) is 3.18. The lowest BCUT2D eigenvalue weighted by Crippen LogP contribution is -2.16. The molecule has 0 saturated carbocycles. The number of nitrogens with one attached hydrogen (secondary N) is 1. The second-order valence-corrected chi connectivity index (χ2v) is 5.09. The minimum absolute atomic E-state index is 0.121. The molecule has 6 heteroatoms. The number of rotatable bonds is 7. The van der Waals surface area contributed by atoms with Gasteiger partial charge in [0.25, 0.3) is 0 Å². The van der Waals surface area contributed by atoms with Gasteiger partial charge in [-0.1, -0.05) is 6.92 Å². The van der Waals surface area contributed by atoms with Gasteiger partial charge in [0.1, 0.15) is 0 Å². The molecular formula is C11H17N3O2S. The van der Waals surface area contributed by atoms with Gasteiger partial charge in [-0.05, 0) is 40.8 Å². The molecule has 1 aromatic heterocycles. The zero-order valence-corrected chi connectivity index (χ0v) is 10.9. The fourth-order valence-corrected chi connectivity index (χ4v) is 2.15. The highest BCUT2D eigenvalue weighted by atomic mass is 32.2. The van der Waals surface area contributed by atoms with Crippen molar-refractivity contribution in [3.8, 4) is 0 Å². The van der Waals surface area contributed by atoms with Crippen molar-refractivity contribution in [2.75, 3.05) is 16.8 Å². The third-order valence-electron chi connectivity index (χ3n) is 2.25. The van der Waals surface area contributed by atoms with Gasteiger partial charge in [0.15, 0.2) is 6.20 Å². The molecule has 0 bridgehead atoms. The van der Waals surface area contributed by atoms with E-state index in [0.717, 1.165) is 23.6 Å². The Hall–Kier alpha value is -1.30. The van der Waals surface area contributed by atoms with Gasteiger partial charge in [-0.25, -0.2) is 0 Å². The van der Waals surface area contributed by atoms with E-state index in [-0.39, 0.29) is 5.82 Å². The van der Waals surface area contributed by atoms with Gasteiger partial charge in [0.2, 0.25) is 0 Å². The molecule has 0 amide bonds. The molecule has 1 N–H and O–H groups in total. The van der Waals surface area contributed by atoms with Crippen molar-refractivity contribution in [1.29, 1.82) is 0 Å².